The van der Waals surface area contributed by atoms with Crippen molar-refractivity contribution in [2.45, 2.75) is 18.9 Å². The van der Waals surface area contributed by atoms with E-state index < -0.39 is 9.84 Å². The van der Waals surface area contributed by atoms with Crippen molar-refractivity contribution in [3.63, 3.8) is 0 Å². The van der Waals surface area contributed by atoms with E-state index >= 15 is 0 Å². The van der Waals surface area contributed by atoms with Gasteiger partial charge in [0.2, 0.25) is 0 Å². The van der Waals surface area contributed by atoms with E-state index in [1.54, 1.807) is 11.3 Å². The number of hydrogen-bond acceptors (Lipinski definition) is 4. The second-order valence-corrected chi connectivity index (χ2v) is 8.11. The minimum absolute atomic E-state index is 0.0566. The Labute approximate surface area is 108 Å². The van der Waals surface area contributed by atoms with Crippen molar-refractivity contribution < 1.29 is 8.42 Å². The van der Waals surface area contributed by atoms with Gasteiger partial charge >= 0.3 is 0 Å². The fourth-order valence-corrected chi connectivity index (χ4v) is 5.64. The standard InChI is InChI=1S/C10H14BrNO2S2/c11-9-5-15-4-8(9)10(12)3-7-1-2-16(13,14)6-7/h4-5,7,10H,1-3,6,12H2. The summed E-state index contributed by atoms with van der Waals surface area (Å²) >= 11 is 5.06. The van der Waals surface area contributed by atoms with E-state index in [1.807, 2.05) is 10.8 Å². The van der Waals surface area contributed by atoms with E-state index in [-0.39, 0.29) is 12.0 Å². The third kappa shape index (κ3) is 2.85. The monoisotopic (exact) mass is 323 g/mol. The lowest BCUT2D eigenvalue weighted by Crippen LogP contribution is -2.16. The molecule has 0 amide bonds. The van der Waals surface area contributed by atoms with Gasteiger partial charge in [0.05, 0.1) is 11.5 Å². The molecule has 2 atom stereocenters. The largest absolute Gasteiger partial charge is 0.324 e. The highest BCUT2D eigenvalue weighted by molar-refractivity contribution is 9.10. The van der Waals surface area contributed by atoms with Gasteiger partial charge in [-0.15, -0.1) is 0 Å². The van der Waals surface area contributed by atoms with Gasteiger partial charge in [0.15, 0.2) is 9.84 Å². The van der Waals surface area contributed by atoms with E-state index in [2.05, 4.69) is 15.9 Å². The van der Waals surface area contributed by atoms with Crippen molar-refractivity contribution in [1.29, 1.82) is 0 Å². The molecule has 2 unspecified atom stereocenters. The van der Waals surface area contributed by atoms with Gasteiger partial charge in [-0.2, -0.15) is 11.3 Å². The number of sulfone groups is 1. The second kappa shape index (κ2) is 4.76. The summed E-state index contributed by atoms with van der Waals surface area (Å²) in [5.41, 5.74) is 7.18. The van der Waals surface area contributed by atoms with E-state index in [9.17, 15) is 8.42 Å². The van der Waals surface area contributed by atoms with Gasteiger partial charge in [-0.25, -0.2) is 8.42 Å². The first-order valence-electron chi connectivity index (χ1n) is 5.15. The molecule has 2 N–H and O–H groups in total. The molecule has 0 aromatic carbocycles. The molecule has 0 aliphatic carbocycles. The van der Waals surface area contributed by atoms with Crippen LogP contribution in [0.2, 0.25) is 0 Å². The molecule has 1 aromatic heterocycles. The van der Waals surface area contributed by atoms with Crippen LogP contribution in [0.1, 0.15) is 24.4 Å². The molecule has 2 rings (SSSR count). The minimum Gasteiger partial charge on any atom is -0.324 e. The van der Waals surface area contributed by atoms with Crippen LogP contribution in [0.25, 0.3) is 0 Å². The average molecular weight is 324 g/mol. The zero-order chi connectivity index (χ0) is 11.8. The third-order valence-corrected chi connectivity index (χ3v) is 6.54. The van der Waals surface area contributed by atoms with Crippen LogP contribution < -0.4 is 5.73 Å². The van der Waals surface area contributed by atoms with Gasteiger partial charge in [0, 0.05) is 15.9 Å². The molecule has 16 heavy (non-hydrogen) atoms. The Balaban J connectivity index is 1.99. The van der Waals surface area contributed by atoms with Crippen LogP contribution in [0.5, 0.6) is 0 Å². The molecular formula is C10H14BrNO2S2. The molecule has 1 aliphatic heterocycles. The maximum atomic E-state index is 11.3. The van der Waals surface area contributed by atoms with Gasteiger partial charge in [0.1, 0.15) is 0 Å². The Hall–Kier alpha value is 0.0900. The second-order valence-electron chi connectivity index (χ2n) is 4.29. The molecule has 3 nitrogen and oxygen atoms in total. The predicted molar refractivity (Wildman–Crippen MR) is 70.3 cm³/mol. The van der Waals surface area contributed by atoms with Crippen molar-refractivity contribution in [3.05, 3.63) is 20.8 Å². The number of rotatable bonds is 3. The van der Waals surface area contributed by atoms with Gasteiger partial charge in [-0.3, -0.25) is 0 Å². The summed E-state index contributed by atoms with van der Waals surface area (Å²) in [7, 11) is -2.78. The van der Waals surface area contributed by atoms with E-state index in [0.29, 0.717) is 11.5 Å². The van der Waals surface area contributed by atoms with Crippen molar-refractivity contribution in [3.8, 4) is 0 Å². The molecule has 1 fully saturated rings. The highest BCUT2D eigenvalue weighted by atomic mass is 79.9. The SMILES string of the molecule is NC(CC1CCS(=O)(=O)C1)c1cscc1Br. The molecule has 0 radical (unpaired) electrons. The molecule has 1 aromatic rings. The molecule has 0 saturated carbocycles. The lowest BCUT2D eigenvalue weighted by Gasteiger charge is -2.14. The topological polar surface area (TPSA) is 60.2 Å². The van der Waals surface area contributed by atoms with Crippen LogP contribution in [0.4, 0.5) is 0 Å². The molecule has 0 bridgehead atoms. The highest BCUT2D eigenvalue weighted by Gasteiger charge is 2.29. The quantitative estimate of drug-likeness (QED) is 0.928. The lowest BCUT2D eigenvalue weighted by molar-refractivity contribution is 0.481. The molecular weight excluding hydrogens is 310 g/mol. The van der Waals surface area contributed by atoms with Gasteiger partial charge < -0.3 is 5.73 Å². The Bertz CT molecular complexity index is 469. The predicted octanol–water partition coefficient (Wildman–Crippen LogP) is 2.34. The summed E-state index contributed by atoms with van der Waals surface area (Å²) < 4.78 is 23.7. The maximum Gasteiger partial charge on any atom is 0.150 e. The number of nitrogens with two attached hydrogens (primary N) is 1. The first-order chi connectivity index (χ1) is 7.48. The summed E-state index contributed by atoms with van der Waals surface area (Å²) in [6.45, 7) is 0. The zero-order valence-corrected chi connectivity index (χ0v) is 11.9. The molecule has 6 heteroatoms. The Kier molecular flexibility index (Phi) is 3.73. The van der Waals surface area contributed by atoms with Crippen LogP contribution in [-0.2, 0) is 9.84 Å². The Morgan fingerprint density at radius 3 is 2.81 bits per heavy atom. The van der Waals surface area contributed by atoms with Gasteiger partial charge in [-0.1, -0.05) is 0 Å². The average Bonchev–Trinajstić information content (AvgIpc) is 2.72. The molecule has 2 heterocycles. The smallest absolute Gasteiger partial charge is 0.150 e. The van der Waals surface area contributed by atoms with Gasteiger partial charge in [-0.05, 0) is 45.6 Å². The summed E-state index contributed by atoms with van der Waals surface area (Å²) in [4.78, 5) is 0. The van der Waals surface area contributed by atoms with Crippen LogP contribution in [-0.4, -0.2) is 19.9 Å². The van der Waals surface area contributed by atoms with Crippen LogP contribution >= 0.6 is 27.3 Å². The number of hydrogen-bond donors (Lipinski definition) is 1. The van der Waals surface area contributed by atoms with Crippen molar-refractivity contribution in [1.82, 2.24) is 0 Å². The van der Waals surface area contributed by atoms with E-state index in [0.717, 1.165) is 22.9 Å². The minimum atomic E-state index is -2.78. The van der Waals surface area contributed by atoms with Crippen molar-refractivity contribution in [2.24, 2.45) is 11.7 Å². The summed E-state index contributed by atoms with van der Waals surface area (Å²) in [6, 6.07) is -0.0566. The fraction of sp³-hybridized carbons (Fsp3) is 0.600. The Morgan fingerprint density at radius 1 is 1.56 bits per heavy atom. The lowest BCUT2D eigenvalue weighted by atomic mass is 9.97. The normalized spacial score (nSPS) is 25.8. The summed E-state index contributed by atoms with van der Waals surface area (Å²) in [5, 5.41) is 4.03. The zero-order valence-electron chi connectivity index (χ0n) is 8.73. The van der Waals surface area contributed by atoms with E-state index in [4.69, 9.17) is 5.73 Å². The Morgan fingerprint density at radius 2 is 2.31 bits per heavy atom. The fourth-order valence-electron chi connectivity index (χ4n) is 2.10. The maximum absolute atomic E-state index is 11.3. The molecule has 1 aliphatic rings. The van der Waals surface area contributed by atoms with E-state index in [1.165, 1.54) is 0 Å². The van der Waals surface area contributed by atoms with Crippen molar-refractivity contribution >= 4 is 37.1 Å². The number of thiophene rings is 1. The van der Waals surface area contributed by atoms with Crippen LogP contribution in [0, 0.1) is 5.92 Å². The molecule has 1 saturated heterocycles. The third-order valence-electron chi connectivity index (χ3n) is 2.96. The molecule has 90 valence electrons. The van der Waals surface area contributed by atoms with Crippen LogP contribution in [0.3, 0.4) is 0 Å². The van der Waals surface area contributed by atoms with Gasteiger partial charge in [0.25, 0.3) is 0 Å². The highest BCUT2D eigenvalue weighted by Crippen LogP contribution is 2.32. The first kappa shape index (κ1) is 12.5. The first-order valence-corrected chi connectivity index (χ1v) is 8.71. The van der Waals surface area contributed by atoms with Crippen LogP contribution in [0.15, 0.2) is 15.2 Å². The summed E-state index contributed by atoms with van der Waals surface area (Å²) in [5.74, 6) is 0.865. The molecule has 0 spiro atoms. The number of halogens is 1. The summed E-state index contributed by atoms with van der Waals surface area (Å²) in [6.07, 6.45) is 1.52. The van der Waals surface area contributed by atoms with Crippen molar-refractivity contribution in [2.75, 3.05) is 11.5 Å².